The zero-order chi connectivity index (χ0) is 20.6. The van der Waals surface area contributed by atoms with Gasteiger partial charge < -0.3 is 14.5 Å². The maximum Gasteiger partial charge on any atom is 0.311 e. The Bertz CT molecular complexity index is 714. The van der Waals surface area contributed by atoms with Crippen molar-refractivity contribution in [1.29, 1.82) is 0 Å². The van der Waals surface area contributed by atoms with Crippen LogP contribution < -0.4 is 0 Å². The van der Waals surface area contributed by atoms with Crippen LogP contribution in [-0.4, -0.2) is 61.6 Å². The van der Waals surface area contributed by atoms with E-state index in [-0.39, 0.29) is 29.3 Å². The molecule has 0 spiro atoms. The lowest BCUT2D eigenvalue weighted by Crippen LogP contribution is -2.62. The average molecular weight is 401 g/mol. The van der Waals surface area contributed by atoms with E-state index in [0.29, 0.717) is 16.7 Å². The Kier molecular flexibility index (Phi) is 4.54. The molecular formula is C25H40N2O2. The molecule has 0 aromatic carbocycles. The van der Waals surface area contributed by atoms with E-state index in [1.165, 1.54) is 38.8 Å². The van der Waals surface area contributed by atoms with Gasteiger partial charge in [-0.15, -0.1) is 0 Å². The van der Waals surface area contributed by atoms with Crippen molar-refractivity contribution in [3.05, 3.63) is 11.6 Å². The number of fused-ring (bicyclic) bond motifs is 4. The maximum absolute atomic E-state index is 13.0. The van der Waals surface area contributed by atoms with E-state index in [1.54, 1.807) is 5.57 Å². The van der Waals surface area contributed by atoms with E-state index in [0.717, 1.165) is 26.1 Å². The van der Waals surface area contributed by atoms with Gasteiger partial charge in [0.2, 0.25) is 0 Å². The van der Waals surface area contributed by atoms with Crippen molar-refractivity contribution in [2.45, 2.75) is 65.9 Å². The van der Waals surface area contributed by atoms with Gasteiger partial charge in [-0.3, -0.25) is 4.79 Å². The summed E-state index contributed by atoms with van der Waals surface area (Å²) in [7, 11) is 2.26. The van der Waals surface area contributed by atoms with E-state index in [2.05, 4.69) is 50.6 Å². The van der Waals surface area contributed by atoms with Crippen molar-refractivity contribution >= 4 is 5.97 Å². The third-order valence-corrected chi connectivity index (χ3v) is 8.90. The van der Waals surface area contributed by atoms with Crippen molar-refractivity contribution in [3.8, 4) is 0 Å². The zero-order valence-corrected chi connectivity index (χ0v) is 19.2. The van der Waals surface area contributed by atoms with Crippen molar-refractivity contribution in [2.75, 3.05) is 39.8 Å². The molecule has 1 saturated carbocycles. The molecule has 5 aliphatic rings. The molecule has 0 aromatic rings. The molecule has 0 aromatic heterocycles. The number of esters is 1. The standard InChI is InChI=1S/C25H40N2O2/c1-17-7-6-8-25(4)10-21-18(9-20(17)25)19(22(28)29-21)11-27-15-23(2)12-24(3,16-27)14-26(5)13-23/h9,17-19,21H,6-8,10-16H2,1-5H3. The summed E-state index contributed by atoms with van der Waals surface area (Å²) in [6, 6.07) is 0. The molecule has 5 rings (SSSR count). The van der Waals surface area contributed by atoms with E-state index < -0.39 is 0 Å². The molecule has 0 radical (unpaired) electrons. The fourth-order valence-electron chi connectivity index (χ4n) is 8.51. The Balaban J connectivity index is 1.37. The molecule has 3 saturated heterocycles. The molecule has 2 bridgehead atoms. The molecule has 4 fully saturated rings. The molecule has 4 nitrogen and oxygen atoms in total. The van der Waals surface area contributed by atoms with Gasteiger partial charge in [-0.05, 0) is 54.9 Å². The van der Waals surface area contributed by atoms with Crippen LogP contribution >= 0.6 is 0 Å². The maximum atomic E-state index is 13.0. The number of hydrogen-bond donors (Lipinski definition) is 0. The molecule has 3 heterocycles. The predicted octanol–water partition coefficient (Wildman–Crippen LogP) is 3.96. The molecule has 7 atom stereocenters. The number of carbonyl (C=O) groups is 1. The highest BCUT2D eigenvalue weighted by molar-refractivity contribution is 5.76. The Labute approximate surface area is 177 Å². The minimum Gasteiger partial charge on any atom is -0.461 e. The number of nitrogens with zero attached hydrogens (tertiary/aromatic N) is 2. The third kappa shape index (κ3) is 3.39. The van der Waals surface area contributed by atoms with Crippen LogP contribution in [-0.2, 0) is 9.53 Å². The minimum atomic E-state index is 0.0231. The Morgan fingerprint density at radius 1 is 1.14 bits per heavy atom. The molecule has 3 aliphatic heterocycles. The highest BCUT2D eigenvalue weighted by atomic mass is 16.6. The largest absolute Gasteiger partial charge is 0.461 e. The highest BCUT2D eigenvalue weighted by Crippen LogP contribution is 2.54. The summed E-state index contributed by atoms with van der Waals surface area (Å²) < 4.78 is 6.01. The number of ether oxygens (including phenoxy) is 1. The van der Waals surface area contributed by atoms with Gasteiger partial charge in [0.25, 0.3) is 0 Å². The summed E-state index contributed by atoms with van der Waals surface area (Å²) in [5, 5.41) is 0. The van der Waals surface area contributed by atoms with E-state index >= 15 is 0 Å². The summed E-state index contributed by atoms with van der Waals surface area (Å²) in [5.41, 5.74) is 2.55. The van der Waals surface area contributed by atoms with E-state index in [4.69, 9.17) is 4.74 Å². The Morgan fingerprint density at radius 2 is 1.83 bits per heavy atom. The second-order valence-electron chi connectivity index (χ2n) is 12.5. The second kappa shape index (κ2) is 6.56. The number of piperidine rings is 2. The molecule has 0 amide bonds. The zero-order valence-electron chi connectivity index (χ0n) is 19.2. The lowest BCUT2D eigenvalue weighted by molar-refractivity contribution is -0.146. The van der Waals surface area contributed by atoms with Crippen LogP contribution in [0.3, 0.4) is 0 Å². The first kappa shape index (κ1) is 20.1. The van der Waals surface area contributed by atoms with Crippen molar-refractivity contribution in [3.63, 3.8) is 0 Å². The van der Waals surface area contributed by atoms with Gasteiger partial charge in [0.05, 0.1) is 5.92 Å². The first-order valence-corrected chi connectivity index (χ1v) is 11.9. The second-order valence-corrected chi connectivity index (χ2v) is 12.5. The van der Waals surface area contributed by atoms with Crippen LogP contribution in [0.4, 0.5) is 0 Å². The molecule has 2 aliphatic carbocycles. The van der Waals surface area contributed by atoms with Crippen LogP contribution in [0.5, 0.6) is 0 Å². The average Bonchev–Trinajstić information content (AvgIpc) is 2.84. The SMILES string of the molecule is CC1CCCC2(C)CC3OC(=O)C(CN4CC5(C)CN(C)CC(C)(C4)C5)C3C=C12. The topological polar surface area (TPSA) is 32.8 Å². The molecular weight excluding hydrogens is 360 g/mol. The number of hydrogen-bond acceptors (Lipinski definition) is 4. The van der Waals surface area contributed by atoms with Crippen molar-refractivity contribution < 1.29 is 9.53 Å². The lowest BCUT2D eigenvalue weighted by Gasteiger charge is -2.56. The molecule has 29 heavy (non-hydrogen) atoms. The van der Waals surface area contributed by atoms with Crippen LogP contribution in [0, 0.1) is 34.0 Å². The van der Waals surface area contributed by atoms with Gasteiger partial charge in [0.15, 0.2) is 0 Å². The van der Waals surface area contributed by atoms with Gasteiger partial charge in [-0.2, -0.15) is 0 Å². The molecule has 162 valence electrons. The number of allylic oxidation sites excluding steroid dienone is 1. The lowest BCUT2D eigenvalue weighted by atomic mass is 9.59. The van der Waals surface area contributed by atoms with Gasteiger partial charge in [-0.1, -0.05) is 45.8 Å². The fourth-order valence-corrected chi connectivity index (χ4v) is 8.51. The molecule has 0 N–H and O–H groups in total. The van der Waals surface area contributed by atoms with Crippen LogP contribution in [0.1, 0.15) is 59.8 Å². The minimum absolute atomic E-state index is 0.0231. The van der Waals surface area contributed by atoms with Gasteiger partial charge in [0.1, 0.15) is 6.10 Å². The van der Waals surface area contributed by atoms with Gasteiger partial charge in [-0.25, -0.2) is 0 Å². The van der Waals surface area contributed by atoms with Gasteiger partial charge in [0, 0.05) is 38.6 Å². The molecule has 4 heteroatoms. The van der Waals surface area contributed by atoms with Gasteiger partial charge >= 0.3 is 5.97 Å². The highest BCUT2D eigenvalue weighted by Gasteiger charge is 2.53. The van der Waals surface area contributed by atoms with Crippen molar-refractivity contribution in [2.24, 2.45) is 34.0 Å². The Hall–Kier alpha value is -0.870. The van der Waals surface area contributed by atoms with Crippen LogP contribution in [0.2, 0.25) is 0 Å². The Morgan fingerprint density at radius 3 is 2.52 bits per heavy atom. The third-order valence-electron chi connectivity index (χ3n) is 8.90. The fraction of sp³-hybridized carbons (Fsp3) is 0.880. The van der Waals surface area contributed by atoms with Crippen LogP contribution in [0.15, 0.2) is 11.6 Å². The summed E-state index contributed by atoms with van der Waals surface area (Å²) in [4.78, 5) is 18.1. The summed E-state index contributed by atoms with van der Waals surface area (Å²) in [6.45, 7) is 15.1. The predicted molar refractivity (Wildman–Crippen MR) is 115 cm³/mol. The first-order valence-electron chi connectivity index (χ1n) is 11.9. The van der Waals surface area contributed by atoms with E-state index in [1.807, 2.05) is 0 Å². The van der Waals surface area contributed by atoms with E-state index in [9.17, 15) is 4.79 Å². The summed E-state index contributed by atoms with van der Waals surface area (Å²) in [5.74, 6) is 1.04. The molecule has 7 unspecified atom stereocenters. The number of likely N-dealkylation sites (tertiary alicyclic amines) is 2. The quantitative estimate of drug-likeness (QED) is 0.519. The monoisotopic (exact) mass is 400 g/mol. The van der Waals surface area contributed by atoms with Crippen molar-refractivity contribution in [1.82, 2.24) is 9.80 Å². The first-order chi connectivity index (χ1) is 13.6. The number of rotatable bonds is 2. The normalized spacial score (nSPS) is 50.5. The summed E-state index contributed by atoms with van der Waals surface area (Å²) in [6.07, 6.45) is 8.82. The smallest absolute Gasteiger partial charge is 0.311 e. The summed E-state index contributed by atoms with van der Waals surface area (Å²) >= 11 is 0. The number of carbonyl (C=O) groups excluding carboxylic acids is 1. The van der Waals surface area contributed by atoms with Crippen LogP contribution in [0.25, 0.3) is 0 Å².